The molecule has 3 rings (SSSR count). The van der Waals surface area contributed by atoms with Crippen molar-refractivity contribution in [2.75, 3.05) is 25.0 Å². The Morgan fingerprint density at radius 1 is 1.23 bits per heavy atom. The number of nitrogens with one attached hydrogen (secondary N) is 2. The smallest absolute Gasteiger partial charge is 0.267 e. The summed E-state index contributed by atoms with van der Waals surface area (Å²) >= 11 is 5.94. The van der Waals surface area contributed by atoms with Crippen LogP contribution in [0.1, 0.15) is 24.1 Å². The summed E-state index contributed by atoms with van der Waals surface area (Å²) in [5.41, 5.74) is 3.37. The number of carbonyl (C=O) groups is 1. The fraction of sp³-hybridized carbons (Fsp3) is 0.350. The maximum Gasteiger partial charge on any atom is 0.267 e. The number of likely N-dealkylation sites (tertiary alicyclic amines) is 1. The predicted octanol–water partition coefficient (Wildman–Crippen LogP) is 3.61. The molecule has 3 N–H and O–H groups in total. The number of anilines is 1. The molecule has 7 nitrogen and oxygen atoms in total. The lowest BCUT2D eigenvalue weighted by atomic mass is 10.0. The van der Waals surface area contributed by atoms with Crippen molar-refractivity contribution in [1.29, 1.82) is 0 Å². The van der Waals surface area contributed by atoms with Crippen LogP contribution in [-0.4, -0.2) is 51.7 Å². The summed E-state index contributed by atoms with van der Waals surface area (Å²) in [5, 5.41) is 12.7. The standard InChI is InChI=1S/C20H24ClN5O2.2ClH/c21-16-5-3-15(4-6-16)9-11-26-10-1-2-18(14-26)24-19-13-22-17(12-23-19)7-8-20(27)25-28;;/h3-8,12-13,18,28H,1-2,9-11,14H2,(H,23,24)(H,25,27);2*1H/t18-;;/m1../s1. The molecular formula is C20H26Cl3N5O2. The normalized spacial score (nSPS) is 16.4. The highest BCUT2D eigenvalue weighted by Gasteiger charge is 2.19. The van der Waals surface area contributed by atoms with Gasteiger partial charge in [-0.2, -0.15) is 0 Å². The lowest BCUT2D eigenvalue weighted by molar-refractivity contribution is -0.124. The van der Waals surface area contributed by atoms with Crippen LogP contribution >= 0.6 is 36.4 Å². The highest BCUT2D eigenvalue weighted by molar-refractivity contribution is 6.30. The molecule has 1 aliphatic heterocycles. The first kappa shape index (κ1) is 26.1. The number of amides is 1. The third-order valence-corrected chi connectivity index (χ3v) is 4.93. The molecule has 1 fully saturated rings. The van der Waals surface area contributed by atoms with Gasteiger partial charge >= 0.3 is 0 Å². The summed E-state index contributed by atoms with van der Waals surface area (Å²) in [6.45, 7) is 3.09. The van der Waals surface area contributed by atoms with Crippen LogP contribution in [0.15, 0.2) is 42.7 Å². The van der Waals surface area contributed by atoms with Crippen LogP contribution < -0.4 is 10.8 Å². The maximum absolute atomic E-state index is 11.0. The summed E-state index contributed by atoms with van der Waals surface area (Å²) in [5.74, 6) is 0.109. The van der Waals surface area contributed by atoms with E-state index in [1.807, 2.05) is 12.1 Å². The van der Waals surface area contributed by atoms with Crippen molar-refractivity contribution in [3.05, 3.63) is 59.0 Å². The van der Waals surface area contributed by atoms with E-state index in [0.29, 0.717) is 17.6 Å². The predicted molar refractivity (Wildman–Crippen MR) is 124 cm³/mol. The van der Waals surface area contributed by atoms with Crippen molar-refractivity contribution in [1.82, 2.24) is 20.3 Å². The average molecular weight is 475 g/mol. The first-order valence-electron chi connectivity index (χ1n) is 9.30. The molecule has 0 spiro atoms. The first-order chi connectivity index (χ1) is 13.6. The van der Waals surface area contributed by atoms with Crippen molar-refractivity contribution in [2.45, 2.75) is 25.3 Å². The molecule has 1 saturated heterocycles. The van der Waals surface area contributed by atoms with Gasteiger partial charge in [-0.1, -0.05) is 23.7 Å². The molecule has 164 valence electrons. The lowest BCUT2D eigenvalue weighted by Crippen LogP contribution is -2.43. The summed E-state index contributed by atoms with van der Waals surface area (Å²) in [7, 11) is 0. The molecule has 1 aromatic carbocycles. The van der Waals surface area contributed by atoms with Crippen LogP contribution in [0.3, 0.4) is 0 Å². The third kappa shape index (κ3) is 8.45. The fourth-order valence-corrected chi connectivity index (χ4v) is 3.35. The van der Waals surface area contributed by atoms with Gasteiger partial charge in [-0.25, -0.2) is 10.5 Å². The molecule has 30 heavy (non-hydrogen) atoms. The number of aromatic nitrogens is 2. The zero-order chi connectivity index (χ0) is 19.8. The Hall–Kier alpha value is -1.90. The van der Waals surface area contributed by atoms with Gasteiger partial charge in [0.1, 0.15) is 5.82 Å². The molecule has 0 unspecified atom stereocenters. The number of carbonyl (C=O) groups excluding carboxylic acids is 1. The van der Waals surface area contributed by atoms with E-state index in [0.717, 1.165) is 43.9 Å². The quantitative estimate of drug-likeness (QED) is 0.323. The van der Waals surface area contributed by atoms with Gasteiger partial charge in [-0.3, -0.25) is 15.0 Å². The SMILES string of the molecule is Cl.Cl.O=C(C=Cc1cnc(N[C@@H]2CCCN(CCc3ccc(Cl)cc3)C2)cn1)NO. The second-order valence-corrected chi connectivity index (χ2v) is 7.23. The molecule has 1 aromatic heterocycles. The van der Waals surface area contributed by atoms with Gasteiger partial charge in [0.15, 0.2) is 0 Å². The number of hydrogen-bond acceptors (Lipinski definition) is 6. The second kappa shape index (κ2) is 13.4. The van der Waals surface area contributed by atoms with Crippen LogP contribution in [0, 0.1) is 0 Å². The molecule has 1 amide bonds. The molecule has 0 aliphatic carbocycles. The van der Waals surface area contributed by atoms with E-state index in [-0.39, 0.29) is 24.8 Å². The van der Waals surface area contributed by atoms with Gasteiger partial charge in [-0.15, -0.1) is 24.8 Å². The van der Waals surface area contributed by atoms with Gasteiger partial charge in [0, 0.05) is 30.2 Å². The van der Waals surface area contributed by atoms with Gasteiger partial charge < -0.3 is 10.2 Å². The summed E-state index contributed by atoms with van der Waals surface area (Å²) in [6, 6.07) is 8.36. The number of rotatable bonds is 7. The zero-order valence-corrected chi connectivity index (χ0v) is 18.7. The Balaban J connectivity index is 0.00000225. The van der Waals surface area contributed by atoms with Crippen molar-refractivity contribution < 1.29 is 10.0 Å². The van der Waals surface area contributed by atoms with Crippen molar-refractivity contribution >= 4 is 54.2 Å². The molecule has 1 aliphatic rings. The Labute approximate surface area is 193 Å². The van der Waals surface area contributed by atoms with E-state index in [9.17, 15) is 4.79 Å². The zero-order valence-electron chi connectivity index (χ0n) is 16.3. The van der Waals surface area contributed by atoms with Crippen LogP contribution in [0.2, 0.25) is 5.02 Å². The Bertz CT molecular complexity index is 803. The number of benzene rings is 1. The lowest BCUT2D eigenvalue weighted by Gasteiger charge is -2.33. The molecule has 10 heteroatoms. The third-order valence-electron chi connectivity index (χ3n) is 4.67. The molecule has 0 saturated carbocycles. The minimum Gasteiger partial charge on any atom is -0.365 e. The minimum atomic E-state index is -0.607. The Morgan fingerprint density at radius 2 is 2.00 bits per heavy atom. The van der Waals surface area contributed by atoms with Gasteiger partial charge in [0.25, 0.3) is 5.91 Å². The second-order valence-electron chi connectivity index (χ2n) is 6.80. The molecular weight excluding hydrogens is 449 g/mol. The van der Waals surface area contributed by atoms with E-state index < -0.39 is 5.91 Å². The maximum atomic E-state index is 11.0. The summed E-state index contributed by atoms with van der Waals surface area (Å²) in [4.78, 5) is 22.1. The van der Waals surface area contributed by atoms with E-state index in [4.69, 9.17) is 16.8 Å². The highest BCUT2D eigenvalue weighted by atomic mass is 35.5. The van der Waals surface area contributed by atoms with Gasteiger partial charge in [0.05, 0.1) is 18.1 Å². The monoisotopic (exact) mass is 473 g/mol. The van der Waals surface area contributed by atoms with Crippen molar-refractivity contribution in [3.8, 4) is 0 Å². The number of hydroxylamine groups is 1. The van der Waals surface area contributed by atoms with Crippen LogP contribution in [0.25, 0.3) is 6.08 Å². The topological polar surface area (TPSA) is 90.4 Å². The number of piperidine rings is 1. The molecule has 1 atom stereocenters. The van der Waals surface area contributed by atoms with Crippen LogP contribution in [0.5, 0.6) is 0 Å². The largest absolute Gasteiger partial charge is 0.365 e. The molecule has 2 aromatic rings. The molecule has 2 heterocycles. The van der Waals surface area contributed by atoms with E-state index in [2.05, 4.69) is 32.3 Å². The first-order valence-corrected chi connectivity index (χ1v) is 9.68. The average Bonchev–Trinajstić information content (AvgIpc) is 2.73. The van der Waals surface area contributed by atoms with E-state index in [1.165, 1.54) is 23.2 Å². The van der Waals surface area contributed by atoms with E-state index >= 15 is 0 Å². The number of nitrogens with zero attached hydrogens (tertiary/aromatic N) is 3. The number of halogens is 3. The van der Waals surface area contributed by atoms with Crippen molar-refractivity contribution in [3.63, 3.8) is 0 Å². The summed E-state index contributed by atoms with van der Waals surface area (Å²) < 4.78 is 0. The Kier molecular flexibility index (Phi) is 11.7. The summed E-state index contributed by atoms with van der Waals surface area (Å²) in [6.07, 6.45) is 9.17. The molecule has 0 radical (unpaired) electrons. The fourth-order valence-electron chi connectivity index (χ4n) is 3.22. The Morgan fingerprint density at radius 3 is 2.67 bits per heavy atom. The van der Waals surface area contributed by atoms with Gasteiger partial charge in [0.2, 0.25) is 0 Å². The van der Waals surface area contributed by atoms with Crippen LogP contribution in [0.4, 0.5) is 5.82 Å². The number of hydrogen-bond donors (Lipinski definition) is 3. The highest BCUT2D eigenvalue weighted by Crippen LogP contribution is 2.16. The van der Waals surface area contributed by atoms with Crippen molar-refractivity contribution in [2.24, 2.45) is 0 Å². The molecule has 0 bridgehead atoms. The van der Waals surface area contributed by atoms with Crippen LogP contribution in [-0.2, 0) is 11.2 Å². The minimum absolute atomic E-state index is 0. The van der Waals surface area contributed by atoms with Gasteiger partial charge in [-0.05, 0) is 49.6 Å². The van der Waals surface area contributed by atoms with E-state index in [1.54, 1.807) is 12.4 Å².